The Hall–Kier alpha value is -2.09. The van der Waals surface area contributed by atoms with Gasteiger partial charge in [-0.1, -0.05) is 19.3 Å². The number of carbonyl (C=O) groups excluding carboxylic acids is 1. The van der Waals surface area contributed by atoms with Gasteiger partial charge >= 0.3 is 5.69 Å². The van der Waals surface area contributed by atoms with Gasteiger partial charge in [0.25, 0.3) is 5.91 Å². The molecular formula is C18H22F2N2O4. The van der Waals surface area contributed by atoms with E-state index in [1.807, 2.05) is 6.92 Å². The summed E-state index contributed by atoms with van der Waals surface area (Å²) in [5.74, 6) is -3.08. The Morgan fingerprint density at radius 2 is 2.00 bits per heavy atom. The highest BCUT2D eigenvalue weighted by Crippen LogP contribution is 2.53. The van der Waals surface area contributed by atoms with Crippen LogP contribution in [0.1, 0.15) is 55.8 Å². The molecule has 1 N–H and O–H groups in total. The standard InChI is InChI=1S/C18H22F2N2O4/c1-2-26-16-10-15(18(16)6-4-3-5-7-18)21-17(23)11-8-13(20)14(22(24)25)9-12(11)19/h8-9,15-16H,2-7,10H2,1H3,(H,21,23)/t15-,16+/m1/s1. The fourth-order valence-electron chi connectivity index (χ4n) is 4.35. The Bertz CT molecular complexity index is 719. The van der Waals surface area contributed by atoms with Gasteiger partial charge in [0.05, 0.1) is 22.7 Å². The molecule has 0 saturated heterocycles. The van der Waals surface area contributed by atoms with E-state index < -0.39 is 33.7 Å². The third kappa shape index (κ3) is 3.18. The molecule has 2 aliphatic rings. The summed E-state index contributed by atoms with van der Waals surface area (Å²) in [5, 5.41) is 13.5. The molecule has 0 heterocycles. The monoisotopic (exact) mass is 368 g/mol. The van der Waals surface area contributed by atoms with Gasteiger partial charge in [-0.2, -0.15) is 4.39 Å². The third-order valence-corrected chi connectivity index (χ3v) is 5.72. The van der Waals surface area contributed by atoms with Crippen LogP contribution in [0.3, 0.4) is 0 Å². The predicted molar refractivity (Wildman–Crippen MR) is 89.8 cm³/mol. The Labute approximate surface area is 150 Å². The van der Waals surface area contributed by atoms with Crippen LogP contribution in [-0.2, 0) is 4.74 Å². The van der Waals surface area contributed by atoms with E-state index in [0.717, 1.165) is 32.1 Å². The second-order valence-electron chi connectivity index (χ2n) is 7.04. The smallest absolute Gasteiger partial charge is 0.307 e. The number of ether oxygens (including phenoxy) is 1. The van der Waals surface area contributed by atoms with Crippen LogP contribution < -0.4 is 5.32 Å². The van der Waals surface area contributed by atoms with E-state index in [1.54, 1.807) is 0 Å². The summed E-state index contributed by atoms with van der Waals surface area (Å²) in [6.45, 7) is 2.52. The Morgan fingerprint density at radius 3 is 2.62 bits per heavy atom. The van der Waals surface area contributed by atoms with E-state index in [2.05, 4.69) is 5.32 Å². The summed E-state index contributed by atoms with van der Waals surface area (Å²) in [6.07, 6.45) is 5.81. The number of carbonyl (C=O) groups is 1. The van der Waals surface area contributed by atoms with E-state index in [1.165, 1.54) is 0 Å². The van der Waals surface area contributed by atoms with Crippen molar-refractivity contribution in [3.8, 4) is 0 Å². The lowest BCUT2D eigenvalue weighted by Gasteiger charge is -2.57. The molecule has 2 fully saturated rings. The molecular weight excluding hydrogens is 346 g/mol. The SMILES string of the molecule is CCO[C@H]1C[C@@H](NC(=O)c2cc(F)c([N+](=O)[O-])cc2F)C12CCCCC2. The number of nitro groups is 1. The summed E-state index contributed by atoms with van der Waals surface area (Å²) < 4.78 is 33.7. The molecule has 6 nitrogen and oxygen atoms in total. The van der Waals surface area contributed by atoms with Crippen LogP contribution in [0.25, 0.3) is 0 Å². The third-order valence-electron chi connectivity index (χ3n) is 5.72. The number of nitrogens with zero attached hydrogens (tertiary/aromatic N) is 1. The fourth-order valence-corrected chi connectivity index (χ4v) is 4.35. The van der Waals surface area contributed by atoms with Gasteiger partial charge in [0.1, 0.15) is 5.82 Å². The number of hydrogen-bond donors (Lipinski definition) is 1. The van der Waals surface area contributed by atoms with Crippen molar-refractivity contribution in [3.63, 3.8) is 0 Å². The number of halogens is 2. The van der Waals surface area contributed by atoms with E-state index in [-0.39, 0.29) is 17.6 Å². The van der Waals surface area contributed by atoms with Gasteiger partial charge < -0.3 is 10.1 Å². The second kappa shape index (κ2) is 7.26. The van der Waals surface area contributed by atoms with E-state index in [0.29, 0.717) is 25.2 Å². The topological polar surface area (TPSA) is 81.5 Å². The number of amides is 1. The number of benzene rings is 1. The van der Waals surface area contributed by atoms with Gasteiger partial charge in [0, 0.05) is 18.1 Å². The highest BCUT2D eigenvalue weighted by Gasteiger charge is 2.56. The zero-order chi connectivity index (χ0) is 18.9. The lowest BCUT2D eigenvalue weighted by atomic mass is 9.55. The summed E-state index contributed by atoms with van der Waals surface area (Å²) in [4.78, 5) is 22.1. The average Bonchev–Trinajstić information content (AvgIpc) is 2.62. The number of hydrogen-bond acceptors (Lipinski definition) is 4. The van der Waals surface area contributed by atoms with Crippen LogP contribution in [-0.4, -0.2) is 29.6 Å². The highest BCUT2D eigenvalue weighted by atomic mass is 19.1. The minimum Gasteiger partial charge on any atom is -0.378 e. The highest BCUT2D eigenvalue weighted by molar-refractivity contribution is 5.95. The van der Waals surface area contributed by atoms with Gasteiger partial charge in [-0.05, 0) is 32.3 Å². The second-order valence-corrected chi connectivity index (χ2v) is 7.04. The molecule has 1 aromatic rings. The zero-order valence-corrected chi connectivity index (χ0v) is 14.6. The maximum absolute atomic E-state index is 14.1. The first-order valence-electron chi connectivity index (χ1n) is 8.95. The Kier molecular flexibility index (Phi) is 5.22. The lowest BCUT2D eigenvalue weighted by molar-refractivity contribution is -0.387. The molecule has 1 spiro atoms. The van der Waals surface area contributed by atoms with Crippen LogP contribution in [0.4, 0.5) is 14.5 Å². The fraction of sp³-hybridized carbons (Fsp3) is 0.611. The molecule has 2 saturated carbocycles. The van der Waals surface area contributed by atoms with Gasteiger partial charge in [-0.3, -0.25) is 14.9 Å². The zero-order valence-electron chi connectivity index (χ0n) is 14.6. The average molecular weight is 368 g/mol. The molecule has 1 amide bonds. The van der Waals surface area contributed by atoms with Gasteiger partial charge in [0.15, 0.2) is 0 Å². The summed E-state index contributed by atoms with van der Waals surface area (Å²) in [5.41, 5.74) is -1.65. The minimum atomic E-state index is -1.23. The first-order valence-corrected chi connectivity index (χ1v) is 8.95. The van der Waals surface area contributed by atoms with Crippen LogP contribution >= 0.6 is 0 Å². The van der Waals surface area contributed by atoms with Crippen molar-refractivity contribution < 1.29 is 23.2 Å². The Balaban J connectivity index is 1.77. The van der Waals surface area contributed by atoms with Crippen molar-refractivity contribution in [1.29, 1.82) is 0 Å². The van der Waals surface area contributed by atoms with Crippen LogP contribution in [0.2, 0.25) is 0 Å². The van der Waals surface area contributed by atoms with Gasteiger partial charge in [-0.25, -0.2) is 4.39 Å². The van der Waals surface area contributed by atoms with Crippen molar-refractivity contribution in [2.24, 2.45) is 5.41 Å². The van der Waals surface area contributed by atoms with Crippen molar-refractivity contribution in [2.75, 3.05) is 6.61 Å². The summed E-state index contributed by atoms with van der Waals surface area (Å²) in [6, 6.07) is 0.879. The molecule has 3 rings (SSSR count). The quantitative estimate of drug-likeness (QED) is 0.634. The molecule has 0 bridgehead atoms. The maximum Gasteiger partial charge on any atom is 0.307 e. The van der Waals surface area contributed by atoms with Gasteiger partial charge in [-0.15, -0.1) is 0 Å². The van der Waals surface area contributed by atoms with Gasteiger partial charge in [0.2, 0.25) is 5.82 Å². The molecule has 142 valence electrons. The molecule has 0 aliphatic heterocycles. The van der Waals surface area contributed by atoms with Crippen molar-refractivity contribution in [3.05, 3.63) is 39.4 Å². The van der Waals surface area contributed by atoms with Crippen molar-refractivity contribution >= 4 is 11.6 Å². The van der Waals surface area contributed by atoms with Crippen molar-refractivity contribution in [2.45, 2.75) is 57.6 Å². The number of rotatable bonds is 5. The molecule has 2 aliphatic carbocycles. The van der Waals surface area contributed by atoms with E-state index >= 15 is 0 Å². The van der Waals surface area contributed by atoms with Crippen LogP contribution in [0, 0.1) is 27.2 Å². The van der Waals surface area contributed by atoms with Crippen LogP contribution in [0.5, 0.6) is 0 Å². The first kappa shape index (κ1) is 18.7. The minimum absolute atomic E-state index is 0.0662. The lowest BCUT2D eigenvalue weighted by Crippen LogP contribution is -2.65. The molecule has 0 aromatic heterocycles. The normalized spacial score (nSPS) is 24.1. The number of nitro benzene ring substituents is 1. The molecule has 26 heavy (non-hydrogen) atoms. The van der Waals surface area contributed by atoms with E-state index in [4.69, 9.17) is 4.74 Å². The molecule has 8 heteroatoms. The first-order chi connectivity index (χ1) is 12.4. The Morgan fingerprint density at radius 1 is 1.31 bits per heavy atom. The maximum atomic E-state index is 14.1. The van der Waals surface area contributed by atoms with Crippen molar-refractivity contribution in [1.82, 2.24) is 5.32 Å². The number of nitrogens with one attached hydrogen (secondary N) is 1. The summed E-state index contributed by atoms with van der Waals surface area (Å²) in [7, 11) is 0. The molecule has 2 atom stereocenters. The predicted octanol–water partition coefficient (Wildman–Crippen LogP) is 3.73. The molecule has 1 aromatic carbocycles. The summed E-state index contributed by atoms with van der Waals surface area (Å²) >= 11 is 0. The largest absolute Gasteiger partial charge is 0.378 e. The molecule has 0 radical (unpaired) electrons. The van der Waals surface area contributed by atoms with E-state index in [9.17, 15) is 23.7 Å². The molecule has 0 unspecified atom stereocenters. The van der Waals surface area contributed by atoms with Crippen LogP contribution in [0.15, 0.2) is 12.1 Å².